The largest absolute Gasteiger partial charge is 0.255 e. The van der Waals surface area contributed by atoms with Crippen LogP contribution >= 0.6 is 11.8 Å². The molecular weight excluding hydrogens is 206 g/mol. The smallest absolute Gasteiger partial charge is 0.248 e. The van der Waals surface area contributed by atoms with Crippen LogP contribution in [0.15, 0.2) is 12.4 Å². The number of aromatic nitrogens is 2. The van der Waals surface area contributed by atoms with E-state index < -0.39 is 0 Å². The summed E-state index contributed by atoms with van der Waals surface area (Å²) < 4.78 is 1.98. The van der Waals surface area contributed by atoms with Crippen molar-refractivity contribution in [3.05, 3.63) is 18.2 Å². The van der Waals surface area contributed by atoms with Crippen LogP contribution in [0.3, 0.4) is 0 Å². The lowest BCUT2D eigenvalue weighted by Crippen LogP contribution is -2.35. The van der Waals surface area contributed by atoms with Gasteiger partial charge < -0.3 is 0 Å². The van der Waals surface area contributed by atoms with Gasteiger partial charge in [-0.1, -0.05) is 6.92 Å². The molecule has 0 bridgehead atoms. The van der Waals surface area contributed by atoms with E-state index in [1.165, 1.54) is 24.3 Å². The highest BCUT2D eigenvalue weighted by atomic mass is 32.2. The molecule has 0 amide bonds. The normalized spacial score (nSPS) is 10.1. The lowest BCUT2D eigenvalue weighted by molar-refractivity contribution is -0.691. The van der Waals surface area contributed by atoms with E-state index in [2.05, 4.69) is 18.0 Å². The maximum Gasteiger partial charge on any atom is 0.255 e. The Morgan fingerprint density at radius 2 is 2.40 bits per heavy atom. The standard InChI is InChI=1S/C11H17N3S/c1-2-9-15-10-3-4-11-13-6-8-14(11)7-5-12/h6,8H,2-4,7,9-10H2,1H3/p+1. The minimum Gasteiger partial charge on any atom is -0.248 e. The molecule has 1 rings (SSSR count). The van der Waals surface area contributed by atoms with Crippen LogP contribution in [0.1, 0.15) is 25.6 Å². The van der Waals surface area contributed by atoms with E-state index in [0.717, 1.165) is 12.2 Å². The molecule has 0 saturated heterocycles. The predicted molar refractivity (Wildman–Crippen MR) is 62.5 cm³/mol. The summed E-state index contributed by atoms with van der Waals surface area (Å²) in [4.78, 5) is 3.18. The number of aromatic amines is 1. The van der Waals surface area contributed by atoms with Crippen molar-refractivity contribution in [2.75, 3.05) is 11.5 Å². The Morgan fingerprint density at radius 1 is 1.53 bits per heavy atom. The van der Waals surface area contributed by atoms with E-state index in [-0.39, 0.29) is 0 Å². The second-order valence-electron chi connectivity index (χ2n) is 3.41. The summed E-state index contributed by atoms with van der Waals surface area (Å²) >= 11 is 2.01. The van der Waals surface area contributed by atoms with Gasteiger partial charge in [0.25, 0.3) is 5.82 Å². The first kappa shape index (κ1) is 12.1. The SMILES string of the molecule is CCCSCCCc1[nH]cc[n+]1CC#N. The summed E-state index contributed by atoms with van der Waals surface area (Å²) in [6.07, 6.45) is 7.28. The first-order valence-electron chi connectivity index (χ1n) is 5.39. The van der Waals surface area contributed by atoms with Crippen LogP contribution in [0, 0.1) is 11.3 Å². The van der Waals surface area contributed by atoms with Crippen molar-refractivity contribution in [2.24, 2.45) is 0 Å². The summed E-state index contributed by atoms with van der Waals surface area (Å²) in [5.41, 5.74) is 0. The first-order chi connectivity index (χ1) is 7.38. The lowest BCUT2D eigenvalue weighted by Gasteiger charge is -1.98. The third-order valence-corrected chi connectivity index (χ3v) is 3.42. The summed E-state index contributed by atoms with van der Waals surface area (Å²) in [6, 6.07) is 2.16. The molecule has 0 aliphatic rings. The van der Waals surface area contributed by atoms with Crippen LogP contribution in [-0.4, -0.2) is 16.5 Å². The van der Waals surface area contributed by atoms with Crippen LogP contribution in [0.4, 0.5) is 0 Å². The third-order valence-electron chi connectivity index (χ3n) is 2.14. The highest BCUT2D eigenvalue weighted by Crippen LogP contribution is 2.05. The van der Waals surface area contributed by atoms with Crippen molar-refractivity contribution in [1.82, 2.24) is 4.98 Å². The molecule has 0 unspecified atom stereocenters. The van der Waals surface area contributed by atoms with Gasteiger partial charge in [0.15, 0.2) is 6.54 Å². The molecule has 0 radical (unpaired) electrons. The molecule has 1 N–H and O–H groups in total. The number of nitriles is 1. The minimum atomic E-state index is 0.445. The number of hydrogen-bond acceptors (Lipinski definition) is 2. The Labute approximate surface area is 95.5 Å². The Bertz CT molecular complexity index is 314. The first-order valence-corrected chi connectivity index (χ1v) is 6.54. The van der Waals surface area contributed by atoms with Crippen LogP contribution < -0.4 is 4.57 Å². The highest BCUT2D eigenvalue weighted by molar-refractivity contribution is 7.99. The number of nitrogens with zero attached hydrogens (tertiary/aromatic N) is 2. The Morgan fingerprint density at radius 3 is 3.13 bits per heavy atom. The fraction of sp³-hybridized carbons (Fsp3) is 0.636. The topological polar surface area (TPSA) is 43.5 Å². The van der Waals surface area contributed by atoms with Crippen molar-refractivity contribution < 1.29 is 4.57 Å². The summed E-state index contributed by atoms with van der Waals surface area (Å²) in [5, 5.41) is 8.62. The van der Waals surface area contributed by atoms with Crippen molar-refractivity contribution >= 4 is 11.8 Å². The molecule has 4 heteroatoms. The monoisotopic (exact) mass is 224 g/mol. The number of imidazole rings is 1. The Hall–Kier alpha value is -0.950. The quantitative estimate of drug-likeness (QED) is 0.568. The van der Waals surface area contributed by atoms with E-state index >= 15 is 0 Å². The molecule has 3 nitrogen and oxygen atoms in total. The molecule has 0 atom stereocenters. The second-order valence-corrected chi connectivity index (χ2v) is 4.63. The van der Waals surface area contributed by atoms with Gasteiger partial charge in [0, 0.05) is 6.42 Å². The van der Waals surface area contributed by atoms with Gasteiger partial charge in [-0.2, -0.15) is 17.0 Å². The van der Waals surface area contributed by atoms with Gasteiger partial charge in [0.2, 0.25) is 0 Å². The van der Waals surface area contributed by atoms with E-state index in [0.29, 0.717) is 6.54 Å². The fourth-order valence-corrected chi connectivity index (χ4v) is 2.27. The fourth-order valence-electron chi connectivity index (χ4n) is 1.42. The number of nitrogens with one attached hydrogen (secondary N) is 1. The maximum absolute atomic E-state index is 8.62. The van der Waals surface area contributed by atoms with Crippen LogP contribution in [0.5, 0.6) is 0 Å². The van der Waals surface area contributed by atoms with Gasteiger partial charge in [-0.05, 0) is 24.3 Å². The van der Waals surface area contributed by atoms with E-state index in [1.807, 2.05) is 28.7 Å². The molecule has 1 aromatic heterocycles. The molecule has 0 aliphatic carbocycles. The molecule has 0 aliphatic heterocycles. The van der Waals surface area contributed by atoms with Gasteiger partial charge in [-0.15, -0.1) is 0 Å². The average molecular weight is 224 g/mol. The predicted octanol–water partition coefficient (Wildman–Crippen LogP) is 1.90. The molecule has 0 saturated carbocycles. The highest BCUT2D eigenvalue weighted by Gasteiger charge is 2.08. The van der Waals surface area contributed by atoms with E-state index in [9.17, 15) is 0 Å². The van der Waals surface area contributed by atoms with Gasteiger partial charge in [0.1, 0.15) is 18.5 Å². The van der Waals surface area contributed by atoms with Crippen LogP contribution in [0.2, 0.25) is 0 Å². The summed E-state index contributed by atoms with van der Waals surface area (Å²) in [6.45, 7) is 2.65. The Balaban J connectivity index is 2.25. The number of rotatable bonds is 7. The number of aryl methyl sites for hydroxylation is 1. The van der Waals surface area contributed by atoms with Gasteiger partial charge in [-0.3, -0.25) is 0 Å². The molecule has 0 spiro atoms. The van der Waals surface area contributed by atoms with Gasteiger partial charge in [0.05, 0.1) is 0 Å². The zero-order chi connectivity index (χ0) is 10.9. The summed E-state index contributed by atoms with van der Waals surface area (Å²) in [7, 11) is 0. The van der Waals surface area contributed by atoms with E-state index in [4.69, 9.17) is 5.26 Å². The lowest BCUT2D eigenvalue weighted by atomic mass is 10.3. The zero-order valence-electron chi connectivity index (χ0n) is 9.20. The molecule has 0 aromatic carbocycles. The van der Waals surface area contributed by atoms with Crippen molar-refractivity contribution in [3.8, 4) is 6.07 Å². The minimum absolute atomic E-state index is 0.445. The maximum atomic E-state index is 8.62. The van der Waals surface area contributed by atoms with Crippen LogP contribution in [-0.2, 0) is 13.0 Å². The van der Waals surface area contributed by atoms with Crippen molar-refractivity contribution in [1.29, 1.82) is 5.26 Å². The average Bonchev–Trinajstić information content (AvgIpc) is 2.66. The van der Waals surface area contributed by atoms with Crippen molar-refractivity contribution in [2.45, 2.75) is 32.7 Å². The second kappa shape index (κ2) is 7.36. The van der Waals surface area contributed by atoms with Crippen LogP contribution in [0.25, 0.3) is 0 Å². The summed E-state index contributed by atoms with van der Waals surface area (Å²) in [5.74, 6) is 3.62. The molecule has 1 aromatic rings. The molecular formula is C11H18N3S+. The Kier molecular flexibility index (Phi) is 5.94. The van der Waals surface area contributed by atoms with Crippen molar-refractivity contribution in [3.63, 3.8) is 0 Å². The molecule has 82 valence electrons. The number of hydrogen-bond donors (Lipinski definition) is 1. The van der Waals surface area contributed by atoms with E-state index in [1.54, 1.807) is 0 Å². The van der Waals surface area contributed by atoms with Gasteiger partial charge in [-0.25, -0.2) is 9.55 Å². The molecule has 15 heavy (non-hydrogen) atoms. The number of thioether (sulfide) groups is 1. The third kappa shape index (κ3) is 4.39. The van der Waals surface area contributed by atoms with Gasteiger partial charge >= 0.3 is 0 Å². The zero-order valence-corrected chi connectivity index (χ0v) is 10.0. The number of H-pyrrole nitrogens is 1. The molecule has 0 fully saturated rings. The molecule has 1 heterocycles.